The summed E-state index contributed by atoms with van der Waals surface area (Å²) in [4.78, 5) is 12.9. The van der Waals surface area contributed by atoms with E-state index in [1.165, 1.54) is 23.9 Å². The van der Waals surface area contributed by atoms with Gasteiger partial charge in [0.05, 0.1) is 11.3 Å². The highest BCUT2D eigenvalue weighted by Crippen LogP contribution is 2.30. The summed E-state index contributed by atoms with van der Waals surface area (Å²) in [5, 5.41) is 21.6. The number of carbonyl (C=O) groups excluding carboxylic acids is 1. The summed E-state index contributed by atoms with van der Waals surface area (Å²) >= 11 is 1.26. The highest BCUT2D eigenvalue weighted by molar-refractivity contribution is 7.99. The van der Waals surface area contributed by atoms with Crippen LogP contribution in [0.25, 0.3) is 11.4 Å². The Labute approximate surface area is 201 Å². The van der Waals surface area contributed by atoms with Gasteiger partial charge >= 0.3 is 0 Å². The summed E-state index contributed by atoms with van der Waals surface area (Å²) in [7, 11) is 0. The van der Waals surface area contributed by atoms with E-state index in [0.717, 1.165) is 28.3 Å². The Kier molecular flexibility index (Phi) is 6.52. The molecule has 0 fully saturated rings. The number of aromatic nitrogens is 4. The van der Waals surface area contributed by atoms with Gasteiger partial charge in [-0.2, -0.15) is 5.26 Å². The molecular weight excluding hydrogens is 451 g/mol. The van der Waals surface area contributed by atoms with Crippen LogP contribution in [0.4, 0.5) is 10.2 Å². The Balaban J connectivity index is 1.59. The molecule has 7 nitrogen and oxygen atoms in total. The van der Waals surface area contributed by atoms with Crippen LogP contribution in [-0.2, 0) is 4.79 Å². The normalized spacial score (nSPS) is 10.8. The number of carbonyl (C=O) groups is 1. The van der Waals surface area contributed by atoms with Crippen LogP contribution in [0, 0.1) is 44.8 Å². The molecule has 0 saturated heterocycles. The maximum absolute atomic E-state index is 13.5. The number of hydrogen-bond donors (Lipinski definition) is 1. The van der Waals surface area contributed by atoms with Crippen LogP contribution in [0.5, 0.6) is 0 Å². The number of amides is 1. The molecule has 172 valence electrons. The number of hydrogen-bond acceptors (Lipinski definition) is 5. The van der Waals surface area contributed by atoms with Crippen molar-refractivity contribution in [3.8, 4) is 17.4 Å². The van der Waals surface area contributed by atoms with E-state index in [-0.39, 0.29) is 17.5 Å². The van der Waals surface area contributed by atoms with Crippen molar-refractivity contribution in [2.45, 2.75) is 32.9 Å². The molecule has 9 heteroatoms. The second kappa shape index (κ2) is 9.53. The molecule has 4 rings (SSSR count). The molecule has 1 amide bonds. The first kappa shape index (κ1) is 23.3. The van der Waals surface area contributed by atoms with Crippen LogP contribution in [0.2, 0.25) is 0 Å². The second-order valence-corrected chi connectivity index (χ2v) is 8.84. The number of nitriles is 1. The van der Waals surface area contributed by atoms with E-state index in [9.17, 15) is 14.4 Å². The number of halogens is 1. The third-order valence-electron chi connectivity index (χ3n) is 5.56. The minimum atomic E-state index is -0.360. The fourth-order valence-electron chi connectivity index (χ4n) is 3.77. The summed E-state index contributed by atoms with van der Waals surface area (Å²) < 4.78 is 17.1. The van der Waals surface area contributed by atoms with Gasteiger partial charge in [0.2, 0.25) is 5.91 Å². The number of anilines is 1. The zero-order valence-electron chi connectivity index (χ0n) is 19.3. The van der Waals surface area contributed by atoms with Crippen molar-refractivity contribution >= 4 is 23.5 Å². The molecular formula is C25H23FN6OS. The minimum absolute atomic E-state index is 0.0709. The molecule has 1 N–H and O–H groups in total. The van der Waals surface area contributed by atoms with Gasteiger partial charge in [0.15, 0.2) is 5.16 Å². The molecule has 0 spiro atoms. The number of rotatable bonds is 6. The molecule has 0 aliphatic heterocycles. The van der Waals surface area contributed by atoms with Crippen LogP contribution in [0.1, 0.15) is 28.2 Å². The third kappa shape index (κ3) is 4.45. The molecule has 34 heavy (non-hydrogen) atoms. The predicted octanol–water partition coefficient (Wildman–Crippen LogP) is 5.03. The van der Waals surface area contributed by atoms with Crippen molar-refractivity contribution in [2.24, 2.45) is 0 Å². The zero-order valence-corrected chi connectivity index (χ0v) is 20.1. The SMILES string of the molecule is Cc1cccc(-n2c(C)nnc2SCC(=O)Nc2c(C#N)c(C)c(C)n2-c2ccc(F)cc2)c1. The smallest absolute Gasteiger partial charge is 0.236 e. The van der Waals surface area contributed by atoms with Gasteiger partial charge in [0.25, 0.3) is 0 Å². The average Bonchev–Trinajstić information content (AvgIpc) is 3.29. The lowest BCUT2D eigenvalue weighted by atomic mass is 10.2. The quantitative estimate of drug-likeness (QED) is 0.396. The van der Waals surface area contributed by atoms with Gasteiger partial charge < -0.3 is 5.32 Å². The average molecular weight is 475 g/mol. The topological polar surface area (TPSA) is 88.5 Å². The van der Waals surface area contributed by atoms with Gasteiger partial charge in [-0.15, -0.1) is 10.2 Å². The van der Waals surface area contributed by atoms with Crippen LogP contribution in [0.3, 0.4) is 0 Å². The van der Waals surface area contributed by atoms with Crippen LogP contribution in [-0.4, -0.2) is 31.0 Å². The summed E-state index contributed by atoms with van der Waals surface area (Å²) in [5.41, 5.74) is 4.61. The Hall–Kier alpha value is -3.90. The van der Waals surface area contributed by atoms with Gasteiger partial charge in [-0.25, -0.2) is 4.39 Å². The molecule has 0 bridgehead atoms. The zero-order chi connectivity index (χ0) is 24.4. The fourth-order valence-corrected chi connectivity index (χ4v) is 4.57. The van der Waals surface area contributed by atoms with Crippen molar-refractivity contribution in [2.75, 3.05) is 11.1 Å². The molecule has 0 atom stereocenters. The second-order valence-electron chi connectivity index (χ2n) is 7.90. The largest absolute Gasteiger partial charge is 0.310 e. The Morgan fingerprint density at radius 1 is 1.06 bits per heavy atom. The van der Waals surface area contributed by atoms with Crippen molar-refractivity contribution in [3.63, 3.8) is 0 Å². The Bertz CT molecular complexity index is 1410. The summed E-state index contributed by atoms with van der Waals surface area (Å²) in [6.07, 6.45) is 0. The van der Waals surface area contributed by atoms with Gasteiger partial charge in [-0.05, 0) is 75.2 Å². The number of aryl methyl sites for hydroxylation is 2. The van der Waals surface area contributed by atoms with Gasteiger partial charge in [0, 0.05) is 17.1 Å². The van der Waals surface area contributed by atoms with E-state index in [1.54, 1.807) is 16.7 Å². The van der Waals surface area contributed by atoms with Crippen LogP contribution >= 0.6 is 11.8 Å². The Morgan fingerprint density at radius 3 is 2.47 bits per heavy atom. The molecule has 0 aliphatic carbocycles. The van der Waals surface area contributed by atoms with E-state index >= 15 is 0 Å². The number of thioether (sulfide) groups is 1. The lowest BCUT2D eigenvalue weighted by Gasteiger charge is -2.13. The lowest BCUT2D eigenvalue weighted by molar-refractivity contribution is -0.113. The first-order valence-corrected chi connectivity index (χ1v) is 11.6. The minimum Gasteiger partial charge on any atom is -0.310 e. The monoisotopic (exact) mass is 474 g/mol. The molecule has 0 saturated carbocycles. The molecule has 4 aromatic rings. The third-order valence-corrected chi connectivity index (χ3v) is 6.48. The molecule has 0 radical (unpaired) electrons. The molecule has 2 aromatic heterocycles. The van der Waals surface area contributed by atoms with E-state index < -0.39 is 0 Å². The summed E-state index contributed by atoms with van der Waals surface area (Å²) in [6.45, 7) is 7.55. The van der Waals surface area contributed by atoms with Crippen LogP contribution in [0.15, 0.2) is 53.7 Å². The van der Waals surface area contributed by atoms with E-state index in [4.69, 9.17) is 0 Å². The van der Waals surface area contributed by atoms with Gasteiger partial charge in [-0.1, -0.05) is 23.9 Å². The van der Waals surface area contributed by atoms with E-state index in [2.05, 4.69) is 21.6 Å². The first-order valence-electron chi connectivity index (χ1n) is 10.6. The van der Waals surface area contributed by atoms with Crippen molar-refractivity contribution in [1.29, 1.82) is 5.26 Å². The van der Waals surface area contributed by atoms with Gasteiger partial charge in [-0.3, -0.25) is 13.9 Å². The highest BCUT2D eigenvalue weighted by atomic mass is 32.2. The van der Waals surface area contributed by atoms with Crippen molar-refractivity contribution in [3.05, 3.63) is 82.6 Å². The summed E-state index contributed by atoms with van der Waals surface area (Å²) in [5.74, 6) is 0.504. The highest BCUT2D eigenvalue weighted by Gasteiger charge is 2.21. The van der Waals surface area contributed by atoms with E-state index in [0.29, 0.717) is 22.2 Å². The van der Waals surface area contributed by atoms with Gasteiger partial charge in [0.1, 0.15) is 23.5 Å². The maximum Gasteiger partial charge on any atom is 0.236 e. The van der Waals surface area contributed by atoms with Crippen molar-refractivity contribution in [1.82, 2.24) is 19.3 Å². The van der Waals surface area contributed by atoms with E-state index in [1.807, 2.05) is 56.5 Å². The van der Waals surface area contributed by atoms with Crippen LogP contribution < -0.4 is 5.32 Å². The number of nitrogens with zero attached hydrogens (tertiary/aromatic N) is 5. The maximum atomic E-state index is 13.5. The Morgan fingerprint density at radius 2 is 1.79 bits per heavy atom. The predicted molar refractivity (Wildman–Crippen MR) is 130 cm³/mol. The first-order chi connectivity index (χ1) is 16.3. The molecule has 0 aliphatic rings. The molecule has 2 heterocycles. The standard InChI is InChI=1S/C25H23FN6OS/c1-15-6-5-7-21(12-15)32-18(4)29-30-25(32)34-14-23(33)28-24-22(13-27)16(2)17(3)31(24)20-10-8-19(26)9-11-20/h5-12H,14H2,1-4H3,(H,28,33). The number of nitrogens with one attached hydrogen (secondary N) is 1. The van der Waals surface area contributed by atoms with Crippen molar-refractivity contribution < 1.29 is 9.18 Å². The molecule has 2 aromatic carbocycles. The fraction of sp³-hybridized carbons (Fsp3) is 0.200. The molecule has 0 unspecified atom stereocenters. The number of benzene rings is 2. The lowest BCUT2D eigenvalue weighted by Crippen LogP contribution is -2.18. The summed E-state index contributed by atoms with van der Waals surface area (Å²) in [6, 6.07) is 16.1.